The second-order valence-electron chi connectivity index (χ2n) is 8.57. The largest absolute Gasteiger partial charge is 0.459 e. The Morgan fingerprint density at radius 1 is 1.06 bits per heavy atom. The topological polar surface area (TPSA) is 62.6 Å². The third kappa shape index (κ3) is 5.33. The average Bonchev–Trinajstić information content (AvgIpc) is 3.52. The third-order valence-corrected chi connectivity index (χ3v) is 6.34. The summed E-state index contributed by atoms with van der Waals surface area (Å²) in [6.45, 7) is 2.25. The lowest BCUT2D eigenvalue weighted by Crippen LogP contribution is -2.47. The third-order valence-electron chi connectivity index (χ3n) is 6.34. The summed E-state index contributed by atoms with van der Waals surface area (Å²) in [5.41, 5.74) is 2.34. The molecule has 0 aliphatic heterocycles. The van der Waals surface area contributed by atoms with E-state index in [0.29, 0.717) is 6.42 Å². The zero-order chi connectivity index (χ0) is 23.2. The number of amides is 2. The van der Waals surface area contributed by atoms with Gasteiger partial charge in [-0.1, -0.05) is 55.3 Å². The van der Waals surface area contributed by atoms with Gasteiger partial charge in [-0.25, -0.2) is 4.39 Å². The highest BCUT2D eigenvalue weighted by Gasteiger charge is 2.35. The highest BCUT2D eigenvalue weighted by Crippen LogP contribution is 2.28. The van der Waals surface area contributed by atoms with Gasteiger partial charge in [-0.05, 0) is 55.5 Å². The van der Waals surface area contributed by atoms with Crippen LogP contribution in [0.4, 0.5) is 4.39 Å². The van der Waals surface area contributed by atoms with E-state index in [1.54, 1.807) is 30.3 Å². The first kappa shape index (κ1) is 22.8. The Morgan fingerprint density at radius 2 is 1.79 bits per heavy atom. The van der Waals surface area contributed by atoms with Gasteiger partial charge in [0.05, 0.1) is 6.26 Å². The number of benzene rings is 2. The van der Waals surface area contributed by atoms with E-state index < -0.39 is 17.8 Å². The molecule has 1 saturated carbocycles. The number of nitrogens with zero attached hydrogens (tertiary/aromatic N) is 1. The summed E-state index contributed by atoms with van der Waals surface area (Å²) in [5, 5.41) is 3.06. The number of hydrogen-bond donors (Lipinski definition) is 1. The zero-order valence-corrected chi connectivity index (χ0v) is 18.8. The van der Waals surface area contributed by atoms with Crippen LogP contribution in [0, 0.1) is 12.7 Å². The van der Waals surface area contributed by atoms with Gasteiger partial charge in [0.25, 0.3) is 5.91 Å². The van der Waals surface area contributed by atoms with Crippen molar-refractivity contribution >= 4 is 11.8 Å². The molecule has 2 amide bonds. The first-order valence-electron chi connectivity index (χ1n) is 11.5. The van der Waals surface area contributed by atoms with Crippen LogP contribution in [-0.4, -0.2) is 29.3 Å². The number of hydrogen-bond acceptors (Lipinski definition) is 3. The lowest BCUT2D eigenvalue weighted by Gasteiger charge is -2.32. The van der Waals surface area contributed by atoms with Gasteiger partial charge in [0.2, 0.25) is 5.91 Å². The van der Waals surface area contributed by atoms with Crippen LogP contribution < -0.4 is 5.32 Å². The van der Waals surface area contributed by atoms with E-state index in [0.717, 1.165) is 36.8 Å². The first-order valence-corrected chi connectivity index (χ1v) is 11.5. The van der Waals surface area contributed by atoms with Crippen LogP contribution in [0.15, 0.2) is 71.3 Å². The summed E-state index contributed by atoms with van der Waals surface area (Å²) >= 11 is 0. The lowest BCUT2D eigenvalue weighted by atomic mass is 10.0. The maximum atomic E-state index is 15.0. The predicted octanol–water partition coefficient (Wildman–Crippen LogP) is 5.21. The number of halogens is 1. The van der Waals surface area contributed by atoms with Crippen molar-refractivity contribution in [1.29, 1.82) is 0 Å². The standard InChI is InChI=1S/C27H29FN2O3/c1-19-9-2-3-10-20(19)16-17-30(27(32)24-15-8-18-33-24)25(22-13-6-7-14-23(22)28)26(31)29-21-11-4-5-12-21/h2-3,6-10,13-15,18,21,25H,4-5,11-12,16-17H2,1H3,(H,29,31)/t25-/m1/s1. The summed E-state index contributed by atoms with van der Waals surface area (Å²) in [6, 6.07) is 16.2. The van der Waals surface area contributed by atoms with Crippen molar-refractivity contribution in [1.82, 2.24) is 10.2 Å². The summed E-state index contributed by atoms with van der Waals surface area (Å²) in [4.78, 5) is 28.5. The van der Waals surface area contributed by atoms with E-state index in [-0.39, 0.29) is 29.8 Å². The molecule has 1 heterocycles. The molecule has 6 heteroatoms. The number of furan rings is 1. The molecule has 0 saturated heterocycles. The van der Waals surface area contributed by atoms with Crippen molar-refractivity contribution in [3.05, 3.63) is 95.2 Å². The first-order chi connectivity index (χ1) is 16.0. The minimum Gasteiger partial charge on any atom is -0.459 e. The molecule has 0 unspecified atom stereocenters. The number of carbonyl (C=O) groups is 2. The van der Waals surface area contributed by atoms with Crippen molar-refractivity contribution in [3.8, 4) is 0 Å². The minimum absolute atomic E-state index is 0.0451. The fraction of sp³-hybridized carbons (Fsp3) is 0.333. The quantitative estimate of drug-likeness (QED) is 0.514. The maximum Gasteiger partial charge on any atom is 0.290 e. The van der Waals surface area contributed by atoms with Crippen LogP contribution >= 0.6 is 0 Å². The molecule has 1 aliphatic rings. The van der Waals surface area contributed by atoms with Gasteiger partial charge in [-0.15, -0.1) is 0 Å². The molecule has 0 spiro atoms. The van der Waals surface area contributed by atoms with Crippen LogP contribution in [0.25, 0.3) is 0 Å². The Bertz CT molecular complexity index is 1090. The van der Waals surface area contributed by atoms with Gasteiger partial charge >= 0.3 is 0 Å². The molecular formula is C27H29FN2O3. The Morgan fingerprint density at radius 3 is 2.48 bits per heavy atom. The molecule has 33 heavy (non-hydrogen) atoms. The van der Waals surface area contributed by atoms with E-state index in [2.05, 4.69) is 5.32 Å². The normalized spacial score (nSPS) is 14.7. The molecule has 4 rings (SSSR count). The van der Waals surface area contributed by atoms with Crippen LogP contribution in [-0.2, 0) is 11.2 Å². The molecule has 172 valence electrons. The molecule has 0 radical (unpaired) electrons. The van der Waals surface area contributed by atoms with Crippen LogP contribution in [0.1, 0.15) is 59.0 Å². The Kier molecular flexibility index (Phi) is 7.23. The fourth-order valence-electron chi connectivity index (χ4n) is 4.52. The van der Waals surface area contributed by atoms with E-state index >= 15 is 0 Å². The van der Waals surface area contributed by atoms with Gasteiger partial charge in [0, 0.05) is 18.2 Å². The highest BCUT2D eigenvalue weighted by molar-refractivity contribution is 5.96. The Hall–Kier alpha value is -3.41. The molecule has 1 aliphatic carbocycles. The van der Waals surface area contributed by atoms with Gasteiger partial charge in [-0.3, -0.25) is 9.59 Å². The summed E-state index contributed by atoms with van der Waals surface area (Å²) in [5.74, 6) is -1.20. The zero-order valence-electron chi connectivity index (χ0n) is 18.8. The van der Waals surface area contributed by atoms with Crippen molar-refractivity contribution in [2.75, 3.05) is 6.54 Å². The number of nitrogens with one attached hydrogen (secondary N) is 1. The SMILES string of the molecule is Cc1ccccc1CCN(C(=O)c1ccco1)[C@@H](C(=O)NC1CCCC1)c1ccccc1F. The minimum atomic E-state index is -1.10. The van der Waals surface area contributed by atoms with Crippen LogP contribution in [0.5, 0.6) is 0 Å². The average molecular weight is 449 g/mol. The second-order valence-corrected chi connectivity index (χ2v) is 8.57. The molecule has 3 aromatic rings. The van der Waals surface area contributed by atoms with E-state index in [1.165, 1.54) is 17.2 Å². The van der Waals surface area contributed by atoms with Crippen molar-refractivity contribution < 1.29 is 18.4 Å². The molecular weight excluding hydrogens is 419 g/mol. The van der Waals surface area contributed by atoms with Crippen molar-refractivity contribution in [3.63, 3.8) is 0 Å². The van der Waals surface area contributed by atoms with E-state index in [1.807, 2.05) is 31.2 Å². The predicted molar refractivity (Wildman–Crippen MR) is 124 cm³/mol. The van der Waals surface area contributed by atoms with E-state index in [4.69, 9.17) is 4.42 Å². The van der Waals surface area contributed by atoms with Gasteiger partial charge in [-0.2, -0.15) is 0 Å². The molecule has 0 bridgehead atoms. The lowest BCUT2D eigenvalue weighted by molar-refractivity contribution is -0.126. The highest BCUT2D eigenvalue weighted by atomic mass is 19.1. The Labute approximate surface area is 193 Å². The van der Waals surface area contributed by atoms with Gasteiger partial charge < -0.3 is 14.6 Å². The maximum absolute atomic E-state index is 15.0. The van der Waals surface area contributed by atoms with E-state index in [9.17, 15) is 14.0 Å². The molecule has 1 atom stereocenters. The molecule has 1 aromatic heterocycles. The molecule has 1 fully saturated rings. The smallest absolute Gasteiger partial charge is 0.290 e. The number of aryl methyl sites for hydroxylation is 1. The fourth-order valence-corrected chi connectivity index (χ4v) is 4.52. The molecule has 5 nitrogen and oxygen atoms in total. The van der Waals surface area contributed by atoms with Crippen LogP contribution in [0.2, 0.25) is 0 Å². The summed E-state index contributed by atoms with van der Waals surface area (Å²) in [6.07, 6.45) is 5.84. The molecule has 1 N–H and O–H groups in total. The van der Waals surface area contributed by atoms with Crippen molar-refractivity contribution in [2.45, 2.75) is 51.1 Å². The monoisotopic (exact) mass is 448 g/mol. The van der Waals surface area contributed by atoms with Gasteiger partial charge in [0.15, 0.2) is 5.76 Å². The summed E-state index contributed by atoms with van der Waals surface area (Å²) < 4.78 is 20.3. The molecule has 2 aromatic carbocycles. The Balaban J connectivity index is 1.70. The second kappa shape index (κ2) is 10.5. The summed E-state index contributed by atoms with van der Waals surface area (Å²) in [7, 11) is 0. The van der Waals surface area contributed by atoms with Crippen LogP contribution in [0.3, 0.4) is 0 Å². The number of rotatable bonds is 8. The number of carbonyl (C=O) groups excluding carboxylic acids is 2. The van der Waals surface area contributed by atoms with Crippen molar-refractivity contribution in [2.24, 2.45) is 0 Å². The van der Waals surface area contributed by atoms with Gasteiger partial charge in [0.1, 0.15) is 11.9 Å².